The lowest BCUT2D eigenvalue weighted by atomic mass is 9.90. The van der Waals surface area contributed by atoms with Crippen molar-refractivity contribution in [1.29, 1.82) is 0 Å². The van der Waals surface area contributed by atoms with Gasteiger partial charge < -0.3 is 5.73 Å². The quantitative estimate of drug-likeness (QED) is 0.922. The van der Waals surface area contributed by atoms with Crippen LogP contribution in [0.4, 0.5) is 0 Å². The molecule has 19 heavy (non-hydrogen) atoms. The van der Waals surface area contributed by atoms with Crippen molar-refractivity contribution in [3.05, 3.63) is 16.1 Å². The van der Waals surface area contributed by atoms with E-state index in [2.05, 4.69) is 31.1 Å². The molecule has 2 atom stereocenters. The van der Waals surface area contributed by atoms with E-state index >= 15 is 0 Å². The van der Waals surface area contributed by atoms with Gasteiger partial charge >= 0.3 is 0 Å². The maximum Gasteiger partial charge on any atom is 0.143 e. The average Bonchev–Trinajstić information content (AvgIpc) is 2.95. The minimum atomic E-state index is 0.0605. The summed E-state index contributed by atoms with van der Waals surface area (Å²) in [6.45, 7) is 7.08. The molecule has 1 saturated carbocycles. The molecule has 1 aliphatic carbocycles. The highest BCUT2D eigenvalue weighted by atomic mass is 32.1. The number of hydrogen-bond donors (Lipinski definition) is 1. The predicted octanol–water partition coefficient (Wildman–Crippen LogP) is 2.93. The van der Waals surface area contributed by atoms with Crippen LogP contribution < -0.4 is 5.73 Å². The number of nitrogens with zero attached hydrogens (tertiary/aromatic N) is 1. The van der Waals surface area contributed by atoms with E-state index in [0.29, 0.717) is 24.7 Å². The number of ketones is 1. The summed E-state index contributed by atoms with van der Waals surface area (Å²) in [4.78, 5) is 17.0. The van der Waals surface area contributed by atoms with Crippen molar-refractivity contribution in [3.8, 4) is 0 Å². The highest BCUT2D eigenvalue weighted by Crippen LogP contribution is 2.33. The number of hydrogen-bond acceptors (Lipinski definition) is 4. The van der Waals surface area contributed by atoms with E-state index in [-0.39, 0.29) is 11.3 Å². The van der Waals surface area contributed by atoms with Crippen LogP contribution in [-0.4, -0.2) is 17.3 Å². The molecular formula is C15H24N2OS. The van der Waals surface area contributed by atoms with Crippen molar-refractivity contribution in [2.75, 3.05) is 6.54 Å². The van der Waals surface area contributed by atoms with Crippen LogP contribution in [0.15, 0.2) is 5.38 Å². The number of thiazole rings is 1. The molecule has 1 heterocycles. The van der Waals surface area contributed by atoms with E-state index in [1.807, 2.05) is 0 Å². The summed E-state index contributed by atoms with van der Waals surface area (Å²) in [5.74, 6) is 0.907. The zero-order chi connectivity index (χ0) is 14.0. The van der Waals surface area contributed by atoms with Crippen LogP contribution in [0.1, 0.15) is 50.7 Å². The number of carbonyl (C=O) groups excluding carboxylic acids is 1. The SMILES string of the molecule is CC(C)(C)c1csc(CC(=O)C2CCCC2CN)n1. The third kappa shape index (κ3) is 3.42. The zero-order valence-corrected chi connectivity index (χ0v) is 12.9. The molecule has 2 N–H and O–H groups in total. The topological polar surface area (TPSA) is 56.0 Å². The molecule has 0 aliphatic heterocycles. The van der Waals surface area contributed by atoms with E-state index in [1.165, 1.54) is 0 Å². The molecule has 0 saturated heterocycles. The third-order valence-electron chi connectivity index (χ3n) is 4.02. The van der Waals surface area contributed by atoms with E-state index in [1.54, 1.807) is 11.3 Å². The summed E-state index contributed by atoms with van der Waals surface area (Å²) in [7, 11) is 0. The molecule has 4 heteroatoms. The van der Waals surface area contributed by atoms with Crippen LogP contribution >= 0.6 is 11.3 Å². The van der Waals surface area contributed by atoms with Gasteiger partial charge in [0.2, 0.25) is 0 Å². The molecule has 1 aliphatic rings. The summed E-state index contributed by atoms with van der Waals surface area (Å²) in [5.41, 5.74) is 6.90. The van der Waals surface area contributed by atoms with Gasteiger partial charge in [-0.15, -0.1) is 11.3 Å². The van der Waals surface area contributed by atoms with Crippen LogP contribution in [0.25, 0.3) is 0 Å². The summed E-state index contributed by atoms with van der Waals surface area (Å²) in [6.07, 6.45) is 3.75. The number of aromatic nitrogens is 1. The first kappa shape index (κ1) is 14.7. The Labute approximate surface area is 119 Å². The normalized spacial score (nSPS) is 23.8. The van der Waals surface area contributed by atoms with Crippen molar-refractivity contribution in [3.63, 3.8) is 0 Å². The fraction of sp³-hybridized carbons (Fsp3) is 0.733. The fourth-order valence-electron chi connectivity index (χ4n) is 2.76. The van der Waals surface area contributed by atoms with Gasteiger partial charge in [-0.3, -0.25) is 4.79 Å². The Morgan fingerprint density at radius 2 is 2.21 bits per heavy atom. The van der Waals surface area contributed by atoms with E-state index in [0.717, 1.165) is 30.0 Å². The van der Waals surface area contributed by atoms with Crippen LogP contribution in [0.3, 0.4) is 0 Å². The van der Waals surface area contributed by atoms with Crippen molar-refractivity contribution < 1.29 is 4.79 Å². The number of Topliss-reactive ketones (excluding diaryl/α,β-unsaturated/α-hetero) is 1. The van der Waals surface area contributed by atoms with Gasteiger partial charge in [0.15, 0.2) is 0 Å². The lowest BCUT2D eigenvalue weighted by molar-refractivity contribution is -0.123. The Bertz CT molecular complexity index is 447. The minimum Gasteiger partial charge on any atom is -0.330 e. The largest absolute Gasteiger partial charge is 0.330 e. The molecule has 0 aromatic carbocycles. The van der Waals surface area contributed by atoms with Crippen LogP contribution in [0, 0.1) is 11.8 Å². The van der Waals surface area contributed by atoms with Crippen LogP contribution in [0.2, 0.25) is 0 Å². The Morgan fingerprint density at radius 3 is 2.79 bits per heavy atom. The molecule has 0 amide bonds. The standard InChI is InChI=1S/C15H24N2OS/c1-15(2,3)13-9-19-14(17-13)7-12(18)11-6-4-5-10(11)8-16/h9-11H,4-8,16H2,1-3H3. The average molecular weight is 280 g/mol. The van der Waals surface area contributed by atoms with Gasteiger partial charge in [0.25, 0.3) is 0 Å². The molecule has 3 nitrogen and oxygen atoms in total. The Morgan fingerprint density at radius 1 is 1.47 bits per heavy atom. The van der Waals surface area contributed by atoms with E-state index < -0.39 is 0 Å². The van der Waals surface area contributed by atoms with Crippen molar-refractivity contribution in [2.45, 2.75) is 51.9 Å². The Kier molecular flexibility index (Phi) is 4.41. The van der Waals surface area contributed by atoms with Crippen molar-refractivity contribution in [1.82, 2.24) is 4.98 Å². The number of carbonyl (C=O) groups is 1. The lowest BCUT2D eigenvalue weighted by Gasteiger charge is -2.16. The predicted molar refractivity (Wildman–Crippen MR) is 79.4 cm³/mol. The van der Waals surface area contributed by atoms with Gasteiger partial charge in [0, 0.05) is 16.7 Å². The number of rotatable bonds is 4. The molecule has 0 spiro atoms. The monoisotopic (exact) mass is 280 g/mol. The summed E-state index contributed by atoms with van der Waals surface area (Å²) in [6, 6.07) is 0. The number of nitrogens with two attached hydrogens (primary N) is 1. The smallest absolute Gasteiger partial charge is 0.143 e. The molecule has 1 fully saturated rings. The first-order valence-corrected chi connectivity index (χ1v) is 7.97. The molecule has 2 rings (SSSR count). The first-order valence-electron chi connectivity index (χ1n) is 7.09. The molecule has 106 valence electrons. The Hall–Kier alpha value is -0.740. The fourth-order valence-corrected chi connectivity index (χ4v) is 3.79. The summed E-state index contributed by atoms with van der Waals surface area (Å²) >= 11 is 1.61. The molecular weight excluding hydrogens is 256 g/mol. The molecule has 0 bridgehead atoms. The second-order valence-corrected chi connectivity index (χ2v) is 7.50. The van der Waals surface area contributed by atoms with Gasteiger partial charge in [-0.25, -0.2) is 4.98 Å². The molecule has 1 aromatic rings. The van der Waals surface area contributed by atoms with Crippen LogP contribution in [0.5, 0.6) is 0 Å². The van der Waals surface area contributed by atoms with Gasteiger partial charge in [0.05, 0.1) is 12.1 Å². The maximum absolute atomic E-state index is 12.4. The highest BCUT2D eigenvalue weighted by molar-refractivity contribution is 7.09. The van der Waals surface area contributed by atoms with Gasteiger partial charge in [-0.2, -0.15) is 0 Å². The molecule has 0 radical (unpaired) electrons. The first-order chi connectivity index (χ1) is 8.91. The lowest BCUT2D eigenvalue weighted by Crippen LogP contribution is -2.26. The highest BCUT2D eigenvalue weighted by Gasteiger charge is 2.32. The van der Waals surface area contributed by atoms with Gasteiger partial charge in [-0.05, 0) is 25.3 Å². The molecule has 2 unspecified atom stereocenters. The van der Waals surface area contributed by atoms with Gasteiger partial charge in [-0.1, -0.05) is 27.2 Å². The third-order valence-corrected chi connectivity index (χ3v) is 4.87. The zero-order valence-electron chi connectivity index (χ0n) is 12.1. The van der Waals surface area contributed by atoms with Gasteiger partial charge in [0.1, 0.15) is 10.8 Å². The summed E-state index contributed by atoms with van der Waals surface area (Å²) in [5, 5.41) is 3.04. The van der Waals surface area contributed by atoms with E-state index in [4.69, 9.17) is 5.73 Å². The van der Waals surface area contributed by atoms with Crippen molar-refractivity contribution >= 4 is 17.1 Å². The Balaban J connectivity index is 2.01. The minimum absolute atomic E-state index is 0.0605. The molecule has 1 aromatic heterocycles. The summed E-state index contributed by atoms with van der Waals surface area (Å²) < 4.78 is 0. The van der Waals surface area contributed by atoms with E-state index in [9.17, 15) is 4.79 Å². The second kappa shape index (κ2) is 5.71. The maximum atomic E-state index is 12.4. The second-order valence-electron chi connectivity index (χ2n) is 6.55. The van der Waals surface area contributed by atoms with Crippen LogP contribution in [-0.2, 0) is 16.6 Å². The van der Waals surface area contributed by atoms with Crippen molar-refractivity contribution in [2.24, 2.45) is 17.6 Å².